The first-order valence-electron chi connectivity index (χ1n) is 9.45. The van der Waals surface area contributed by atoms with Crippen molar-refractivity contribution in [2.45, 2.75) is 38.3 Å². The number of aromatic nitrogens is 2. The molecule has 156 valence electrons. The van der Waals surface area contributed by atoms with Crippen LogP contribution in [0.5, 0.6) is 11.6 Å². The number of hydrogen-bond acceptors (Lipinski definition) is 5. The lowest BCUT2D eigenvalue weighted by Gasteiger charge is -2.22. The number of nitrogens with zero attached hydrogens (tertiary/aromatic N) is 2. The molecule has 1 N–H and O–H groups in total. The minimum atomic E-state index is -4.45. The molecule has 1 saturated carbocycles. The zero-order chi connectivity index (χ0) is 20.7. The zero-order valence-electron chi connectivity index (χ0n) is 15.7. The Balaban J connectivity index is 1.58. The number of nitrogens with one attached hydrogen (secondary N) is 1. The Hall–Kier alpha value is -2.84. The second kappa shape index (κ2) is 9.58. The van der Waals surface area contributed by atoms with Crippen LogP contribution in [0.15, 0.2) is 36.7 Å². The van der Waals surface area contributed by atoms with Gasteiger partial charge in [-0.25, -0.2) is 9.97 Å². The fraction of sp³-hybridized carbons (Fsp3) is 0.450. The quantitative estimate of drug-likeness (QED) is 0.722. The van der Waals surface area contributed by atoms with Gasteiger partial charge in [-0.1, -0.05) is 19.3 Å². The molecular formula is C20H22F3N3O3. The molecule has 2 aromatic rings. The van der Waals surface area contributed by atoms with Gasteiger partial charge in [-0.05, 0) is 37.0 Å². The van der Waals surface area contributed by atoms with E-state index in [1.807, 2.05) is 0 Å². The molecule has 0 atom stereocenters. The van der Waals surface area contributed by atoms with E-state index < -0.39 is 18.7 Å². The summed E-state index contributed by atoms with van der Waals surface area (Å²) in [5.74, 6) is 0.547. The summed E-state index contributed by atoms with van der Waals surface area (Å²) in [5.41, 5.74) is 0.160. The van der Waals surface area contributed by atoms with Gasteiger partial charge < -0.3 is 14.8 Å². The maximum Gasteiger partial charge on any atom is 0.422 e. The summed E-state index contributed by atoms with van der Waals surface area (Å²) < 4.78 is 46.9. The average Bonchev–Trinajstić information content (AvgIpc) is 2.72. The molecule has 0 radical (unpaired) electrons. The highest BCUT2D eigenvalue weighted by atomic mass is 19.4. The monoisotopic (exact) mass is 409 g/mol. The number of alkyl halides is 3. The third kappa shape index (κ3) is 6.62. The Kier molecular flexibility index (Phi) is 6.90. The molecule has 0 spiro atoms. The van der Waals surface area contributed by atoms with Crippen LogP contribution in [0.25, 0.3) is 0 Å². The number of rotatable bonds is 7. The van der Waals surface area contributed by atoms with Crippen LogP contribution in [0, 0.1) is 5.92 Å². The molecule has 0 unspecified atom stereocenters. The van der Waals surface area contributed by atoms with Crippen LogP contribution >= 0.6 is 0 Å². The molecule has 0 saturated heterocycles. The SMILES string of the molecule is O=C(Nc1ncccc1OCC1CCCCC1)c1ccc(OCC(F)(F)F)nc1. The summed E-state index contributed by atoms with van der Waals surface area (Å²) in [6.45, 7) is -0.872. The smallest absolute Gasteiger partial charge is 0.422 e. The van der Waals surface area contributed by atoms with Gasteiger partial charge in [0.05, 0.1) is 12.2 Å². The van der Waals surface area contributed by atoms with Crippen LogP contribution in [0.4, 0.5) is 19.0 Å². The number of anilines is 1. The van der Waals surface area contributed by atoms with Crippen molar-refractivity contribution >= 4 is 11.7 Å². The van der Waals surface area contributed by atoms with Crippen molar-refractivity contribution in [2.75, 3.05) is 18.5 Å². The molecule has 0 bridgehead atoms. The molecule has 1 aliphatic rings. The number of pyridine rings is 2. The van der Waals surface area contributed by atoms with Gasteiger partial charge in [0, 0.05) is 18.5 Å². The first kappa shape index (κ1) is 20.9. The Morgan fingerprint density at radius 3 is 2.59 bits per heavy atom. The molecule has 1 aliphatic carbocycles. The van der Waals surface area contributed by atoms with Crippen molar-refractivity contribution in [3.63, 3.8) is 0 Å². The van der Waals surface area contributed by atoms with E-state index in [0.29, 0.717) is 18.3 Å². The Morgan fingerprint density at radius 1 is 1.10 bits per heavy atom. The van der Waals surface area contributed by atoms with Crippen LogP contribution in [-0.2, 0) is 0 Å². The maximum absolute atomic E-state index is 12.4. The fourth-order valence-corrected chi connectivity index (χ4v) is 3.10. The van der Waals surface area contributed by atoms with Crippen LogP contribution < -0.4 is 14.8 Å². The van der Waals surface area contributed by atoms with Crippen molar-refractivity contribution in [1.29, 1.82) is 0 Å². The Bertz CT molecular complexity index is 807. The second-order valence-corrected chi connectivity index (χ2v) is 6.91. The van der Waals surface area contributed by atoms with E-state index in [9.17, 15) is 18.0 Å². The summed E-state index contributed by atoms with van der Waals surface area (Å²) in [5, 5.41) is 2.65. The molecule has 0 aromatic carbocycles. The molecule has 1 amide bonds. The first-order chi connectivity index (χ1) is 13.9. The number of halogens is 3. The highest BCUT2D eigenvalue weighted by molar-refractivity contribution is 6.04. The van der Waals surface area contributed by atoms with E-state index in [1.54, 1.807) is 12.1 Å². The van der Waals surface area contributed by atoms with E-state index in [-0.39, 0.29) is 17.3 Å². The molecule has 1 fully saturated rings. The van der Waals surface area contributed by atoms with Crippen molar-refractivity contribution in [2.24, 2.45) is 5.92 Å². The number of hydrogen-bond donors (Lipinski definition) is 1. The molecule has 2 aromatic heterocycles. The molecule has 6 nitrogen and oxygen atoms in total. The number of carbonyl (C=O) groups is 1. The van der Waals surface area contributed by atoms with Crippen molar-refractivity contribution < 1.29 is 27.4 Å². The van der Waals surface area contributed by atoms with E-state index in [4.69, 9.17) is 4.74 Å². The van der Waals surface area contributed by atoms with Gasteiger partial charge in [-0.2, -0.15) is 13.2 Å². The first-order valence-corrected chi connectivity index (χ1v) is 9.45. The van der Waals surface area contributed by atoms with E-state index in [0.717, 1.165) is 19.0 Å². The van der Waals surface area contributed by atoms with Gasteiger partial charge in [0.15, 0.2) is 18.2 Å². The third-order valence-corrected chi connectivity index (χ3v) is 4.58. The van der Waals surface area contributed by atoms with Crippen LogP contribution in [-0.4, -0.2) is 35.3 Å². The largest absolute Gasteiger partial charge is 0.489 e. The zero-order valence-corrected chi connectivity index (χ0v) is 15.7. The Labute approximate surface area is 166 Å². The summed E-state index contributed by atoms with van der Waals surface area (Å²) >= 11 is 0. The van der Waals surface area contributed by atoms with Gasteiger partial charge >= 0.3 is 6.18 Å². The van der Waals surface area contributed by atoms with Crippen molar-refractivity contribution in [1.82, 2.24) is 9.97 Å². The van der Waals surface area contributed by atoms with Gasteiger partial charge in [-0.15, -0.1) is 0 Å². The maximum atomic E-state index is 12.4. The second-order valence-electron chi connectivity index (χ2n) is 6.91. The summed E-state index contributed by atoms with van der Waals surface area (Å²) in [4.78, 5) is 20.3. The van der Waals surface area contributed by atoms with Crippen molar-refractivity contribution in [3.8, 4) is 11.6 Å². The summed E-state index contributed by atoms with van der Waals surface area (Å²) in [6.07, 6.45) is 4.18. The van der Waals surface area contributed by atoms with Gasteiger partial charge in [-0.3, -0.25) is 4.79 Å². The highest BCUT2D eigenvalue weighted by Crippen LogP contribution is 2.27. The number of amides is 1. The van der Waals surface area contributed by atoms with Crippen LogP contribution in [0.1, 0.15) is 42.5 Å². The molecule has 3 rings (SSSR count). The normalized spacial score (nSPS) is 15.0. The Morgan fingerprint density at radius 2 is 1.90 bits per heavy atom. The van der Waals surface area contributed by atoms with Gasteiger partial charge in [0.1, 0.15) is 0 Å². The number of carbonyl (C=O) groups excluding carboxylic acids is 1. The van der Waals surface area contributed by atoms with Gasteiger partial charge in [0.25, 0.3) is 5.91 Å². The minimum absolute atomic E-state index is 0.160. The predicted octanol–water partition coefficient (Wildman–Crippen LogP) is 4.63. The lowest BCUT2D eigenvalue weighted by molar-refractivity contribution is -0.154. The van der Waals surface area contributed by atoms with Crippen molar-refractivity contribution in [3.05, 3.63) is 42.2 Å². The lowest BCUT2D eigenvalue weighted by Crippen LogP contribution is -2.20. The summed E-state index contributed by atoms with van der Waals surface area (Å²) in [6, 6.07) is 6.00. The fourth-order valence-electron chi connectivity index (χ4n) is 3.10. The molecule has 29 heavy (non-hydrogen) atoms. The average molecular weight is 409 g/mol. The van der Waals surface area contributed by atoms with Crippen LogP contribution in [0.2, 0.25) is 0 Å². The highest BCUT2D eigenvalue weighted by Gasteiger charge is 2.28. The minimum Gasteiger partial charge on any atom is -0.489 e. The molecule has 0 aliphatic heterocycles. The van der Waals surface area contributed by atoms with Gasteiger partial charge in [0.2, 0.25) is 5.88 Å². The summed E-state index contributed by atoms with van der Waals surface area (Å²) in [7, 11) is 0. The molecular weight excluding hydrogens is 387 g/mol. The van der Waals surface area contributed by atoms with E-state index in [2.05, 4.69) is 20.0 Å². The molecule has 9 heteroatoms. The molecule has 2 heterocycles. The topological polar surface area (TPSA) is 73.3 Å². The predicted molar refractivity (Wildman–Crippen MR) is 100 cm³/mol. The number of ether oxygens (including phenoxy) is 2. The van der Waals surface area contributed by atoms with E-state index in [1.165, 1.54) is 37.6 Å². The van der Waals surface area contributed by atoms with Crippen LogP contribution in [0.3, 0.4) is 0 Å². The third-order valence-electron chi connectivity index (χ3n) is 4.58. The standard InChI is InChI=1S/C20H22F3N3O3/c21-20(22,23)13-29-17-9-8-15(11-25-17)19(27)26-18-16(7-4-10-24-18)28-12-14-5-2-1-3-6-14/h4,7-11,14H,1-3,5-6,12-13H2,(H,24,26,27). The lowest BCUT2D eigenvalue weighted by atomic mass is 9.90. The van der Waals surface area contributed by atoms with E-state index >= 15 is 0 Å².